The average molecular weight is 678 g/mol. The first kappa shape index (κ1) is 33.8. The number of rotatable bonds is 12. The van der Waals surface area contributed by atoms with Gasteiger partial charge in [-0.2, -0.15) is 0 Å². The topological polar surface area (TPSA) is 96.5 Å². The third-order valence-electron chi connectivity index (χ3n) is 7.79. The number of thioether (sulfide) groups is 1. The maximum absolute atomic E-state index is 13.7. The molecule has 248 valence electrons. The number of hydrogen-bond donors (Lipinski definition) is 3. The number of carbonyl (C=O) groups is 3. The quantitative estimate of drug-likeness (QED) is 0.0887. The van der Waals surface area contributed by atoms with Gasteiger partial charge in [0.25, 0.3) is 11.8 Å². The molecule has 0 saturated carbocycles. The highest BCUT2D eigenvalue weighted by atomic mass is 32.2. The Morgan fingerprint density at radius 2 is 1.30 bits per heavy atom. The lowest BCUT2D eigenvalue weighted by molar-refractivity contribution is -0.116. The average Bonchev–Trinajstić information content (AvgIpc) is 3.16. The highest BCUT2D eigenvalue weighted by molar-refractivity contribution is 8.00. The number of amides is 3. The Morgan fingerprint density at radius 1 is 0.680 bits per heavy atom. The van der Waals surface area contributed by atoms with Crippen molar-refractivity contribution in [2.75, 3.05) is 17.2 Å². The maximum atomic E-state index is 13.7. The summed E-state index contributed by atoms with van der Waals surface area (Å²) < 4.78 is 5.52. The molecule has 3 N–H and O–H groups in total. The van der Waals surface area contributed by atoms with Crippen LogP contribution in [0.2, 0.25) is 0 Å². The molecule has 7 nitrogen and oxygen atoms in total. The lowest BCUT2D eigenvalue weighted by atomic mass is 10.0. The van der Waals surface area contributed by atoms with Crippen molar-refractivity contribution in [3.8, 4) is 5.75 Å². The van der Waals surface area contributed by atoms with Crippen LogP contribution in [0.15, 0.2) is 162 Å². The molecule has 1 atom stereocenters. The van der Waals surface area contributed by atoms with Crippen LogP contribution in [-0.2, 0) is 9.59 Å². The molecule has 0 aromatic heterocycles. The number of carbonyl (C=O) groups excluding carboxylic acids is 3. The highest BCUT2D eigenvalue weighted by Gasteiger charge is 2.23. The van der Waals surface area contributed by atoms with Crippen LogP contribution in [0.25, 0.3) is 16.8 Å². The number of ether oxygens (including phenoxy) is 1. The molecule has 6 aromatic carbocycles. The van der Waals surface area contributed by atoms with Crippen LogP contribution in [0.5, 0.6) is 5.75 Å². The summed E-state index contributed by atoms with van der Waals surface area (Å²) in [7, 11) is 0. The zero-order valence-corrected chi connectivity index (χ0v) is 28.2. The molecule has 0 radical (unpaired) electrons. The van der Waals surface area contributed by atoms with Gasteiger partial charge in [-0.1, -0.05) is 91.0 Å². The summed E-state index contributed by atoms with van der Waals surface area (Å²) in [4.78, 5) is 41.3. The Kier molecular flexibility index (Phi) is 11.0. The first-order chi connectivity index (χ1) is 24.5. The monoisotopic (exact) mass is 677 g/mol. The van der Waals surface area contributed by atoms with Gasteiger partial charge in [0, 0.05) is 21.8 Å². The number of anilines is 2. The molecule has 50 heavy (non-hydrogen) atoms. The smallest absolute Gasteiger partial charge is 0.272 e. The third-order valence-corrected chi connectivity index (χ3v) is 9.06. The molecule has 0 fully saturated rings. The predicted molar refractivity (Wildman–Crippen MR) is 202 cm³/mol. The lowest BCUT2D eigenvalue weighted by Crippen LogP contribution is -2.30. The summed E-state index contributed by atoms with van der Waals surface area (Å²) in [5.74, 6) is -0.296. The number of fused-ring (bicyclic) bond motifs is 1. The first-order valence-electron chi connectivity index (χ1n) is 16.2. The Hall–Kier alpha value is -6.12. The Bertz CT molecular complexity index is 2110. The Morgan fingerprint density at radius 3 is 2.02 bits per heavy atom. The molecule has 6 rings (SSSR count). The summed E-state index contributed by atoms with van der Waals surface area (Å²) >= 11 is 1.41. The minimum Gasteiger partial charge on any atom is -0.494 e. The number of hydrogen-bond acceptors (Lipinski definition) is 5. The van der Waals surface area contributed by atoms with Gasteiger partial charge in [-0.15, -0.1) is 11.8 Å². The van der Waals surface area contributed by atoms with E-state index in [1.807, 2.05) is 122 Å². The van der Waals surface area contributed by atoms with E-state index < -0.39 is 17.1 Å². The van der Waals surface area contributed by atoms with Crippen LogP contribution in [0.1, 0.15) is 33.7 Å². The zero-order chi connectivity index (χ0) is 34.7. The van der Waals surface area contributed by atoms with Gasteiger partial charge in [0.2, 0.25) is 5.91 Å². The molecule has 3 amide bonds. The lowest BCUT2D eigenvalue weighted by Gasteiger charge is -2.18. The van der Waals surface area contributed by atoms with Crippen LogP contribution in [0, 0.1) is 0 Å². The van der Waals surface area contributed by atoms with Gasteiger partial charge in [0.05, 0.1) is 6.61 Å². The molecule has 0 saturated heterocycles. The molecule has 0 bridgehead atoms. The van der Waals surface area contributed by atoms with E-state index in [9.17, 15) is 14.4 Å². The van der Waals surface area contributed by atoms with Crippen molar-refractivity contribution in [1.82, 2.24) is 5.32 Å². The molecule has 0 aliphatic carbocycles. The number of nitrogens with one attached hydrogen (secondary N) is 3. The van der Waals surface area contributed by atoms with Crippen molar-refractivity contribution in [3.05, 3.63) is 174 Å². The molecule has 0 spiro atoms. The first-order valence-corrected chi connectivity index (χ1v) is 17.1. The molecule has 8 heteroatoms. The largest absolute Gasteiger partial charge is 0.494 e. The second-order valence-electron chi connectivity index (χ2n) is 11.3. The Balaban J connectivity index is 1.20. The van der Waals surface area contributed by atoms with Gasteiger partial charge in [-0.05, 0) is 95.6 Å². The van der Waals surface area contributed by atoms with Crippen molar-refractivity contribution < 1.29 is 19.1 Å². The summed E-state index contributed by atoms with van der Waals surface area (Å²) in [5.41, 5.74) is 3.39. The predicted octanol–water partition coefficient (Wildman–Crippen LogP) is 9.12. The molecule has 0 aliphatic heterocycles. The molecule has 0 aliphatic rings. The van der Waals surface area contributed by atoms with Crippen molar-refractivity contribution in [2.24, 2.45) is 0 Å². The molecular weight excluding hydrogens is 643 g/mol. The normalized spacial score (nSPS) is 11.7. The summed E-state index contributed by atoms with van der Waals surface area (Å²) in [6, 6.07) is 46.6. The zero-order valence-electron chi connectivity index (χ0n) is 27.3. The summed E-state index contributed by atoms with van der Waals surface area (Å²) in [5, 5.41) is 10.2. The Labute approximate surface area is 295 Å². The molecule has 0 heterocycles. The second kappa shape index (κ2) is 16.3. The third kappa shape index (κ3) is 8.66. The van der Waals surface area contributed by atoms with Gasteiger partial charge < -0.3 is 20.7 Å². The van der Waals surface area contributed by atoms with Crippen LogP contribution in [0.3, 0.4) is 0 Å². The summed E-state index contributed by atoms with van der Waals surface area (Å²) in [6.07, 6.45) is 1.69. The fourth-order valence-electron chi connectivity index (χ4n) is 5.34. The van der Waals surface area contributed by atoms with Gasteiger partial charge in [0.1, 0.15) is 16.7 Å². The SMILES string of the molecule is CCOc1ccc(NC(=O)C(Sc2ccc(NC(=O)/C(=C/c3cccc4ccccc34)NC(=O)c3ccccc3)cc2)c2ccccc2)cc1. The van der Waals surface area contributed by atoms with E-state index in [2.05, 4.69) is 16.0 Å². The van der Waals surface area contributed by atoms with Gasteiger partial charge >= 0.3 is 0 Å². The van der Waals surface area contributed by atoms with Crippen molar-refractivity contribution in [3.63, 3.8) is 0 Å². The number of benzene rings is 6. The molecular formula is C42H35N3O4S. The van der Waals surface area contributed by atoms with Crippen LogP contribution in [-0.4, -0.2) is 24.3 Å². The maximum Gasteiger partial charge on any atom is 0.272 e. The van der Waals surface area contributed by atoms with Crippen molar-refractivity contribution >= 4 is 57.7 Å². The minimum atomic E-state index is -0.536. The van der Waals surface area contributed by atoms with E-state index in [-0.39, 0.29) is 11.6 Å². The van der Waals surface area contributed by atoms with E-state index in [1.165, 1.54) is 11.8 Å². The molecule has 6 aromatic rings. The van der Waals surface area contributed by atoms with Gasteiger partial charge in [-0.3, -0.25) is 14.4 Å². The molecule has 1 unspecified atom stereocenters. The standard InChI is InChI=1S/C42H35N3O4S/c1-2-49-35-24-20-33(21-25-35)44-42(48)39(30-13-5-3-6-14-30)50-36-26-22-34(23-27-36)43-41(47)38(45-40(46)31-15-7-4-8-16-31)28-32-18-11-17-29-12-9-10-19-37(29)32/h3-28,39H,2H2,1H3,(H,43,47)(H,44,48)(H,45,46)/b38-28-. The summed E-state index contributed by atoms with van der Waals surface area (Å²) in [6.45, 7) is 2.49. The van der Waals surface area contributed by atoms with E-state index in [0.717, 1.165) is 32.5 Å². The van der Waals surface area contributed by atoms with Crippen molar-refractivity contribution in [1.29, 1.82) is 0 Å². The van der Waals surface area contributed by atoms with E-state index in [0.29, 0.717) is 23.5 Å². The highest BCUT2D eigenvalue weighted by Crippen LogP contribution is 2.37. The van der Waals surface area contributed by atoms with E-state index in [1.54, 1.807) is 42.5 Å². The van der Waals surface area contributed by atoms with Crippen LogP contribution < -0.4 is 20.7 Å². The second-order valence-corrected chi connectivity index (χ2v) is 12.5. The minimum absolute atomic E-state index is 0.101. The van der Waals surface area contributed by atoms with Gasteiger partial charge in [-0.25, -0.2) is 0 Å². The fraction of sp³-hybridized carbons (Fsp3) is 0.0714. The van der Waals surface area contributed by atoms with Crippen molar-refractivity contribution in [2.45, 2.75) is 17.1 Å². The van der Waals surface area contributed by atoms with Gasteiger partial charge in [0.15, 0.2) is 0 Å². The van der Waals surface area contributed by atoms with Crippen LogP contribution in [0.4, 0.5) is 11.4 Å². The fourth-order valence-corrected chi connectivity index (χ4v) is 6.36. The van der Waals surface area contributed by atoms with E-state index in [4.69, 9.17) is 4.74 Å². The van der Waals surface area contributed by atoms with E-state index >= 15 is 0 Å². The van der Waals surface area contributed by atoms with Crippen LogP contribution >= 0.6 is 11.8 Å².